The SMILES string of the molecule is C[Si](C)=[Zr+2].Cc1cc2c(-c3ccncc3)cccc2[cH-]1.Cc1cc2c(-c3ccncc3)cccc2[cH-]1.[Cl-].[Cl-]. The van der Waals surface area contributed by atoms with E-state index in [2.05, 4.69) is 122 Å². The molecule has 0 saturated heterocycles. The Morgan fingerprint density at radius 2 is 0.947 bits per heavy atom. The van der Waals surface area contributed by atoms with E-state index in [1.165, 1.54) is 54.9 Å². The minimum absolute atomic E-state index is 0. The Balaban J connectivity index is 0.000000224. The van der Waals surface area contributed by atoms with Gasteiger partial charge in [-0.25, -0.2) is 0 Å². The van der Waals surface area contributed by atoms with Gasteiger partial charge in [0.1, 0.15) is 0 Å². The molecule has 2 nitrogen and oxygen atoms in total. The van der Waals surface area contributed by atoms with Gasteiger partial charge in [-0.15, -0.1) is 69.1 Å². The average molecular weight is 633 g/mol. The second-order valence-electron chi connectivity index (χ2n) is 9.15. The summed E-state index contributed by atoms with van der Waals surface area (Å²) in [7, 11) is 0. The van der Waals surface area contributed by atoms with E-state index in [0.29, 0.717) is 0 Å². The average Bonchev–Trinajstić information content (AvgIpc) is 3.45. The molecule has 6 aromatic rings. The fraction of sp³-hybridized carbons (Fsp3) is 0.125. The second kappa shape index (κ2) is 15.3. The molecule has 38 heavy (non-hydrogen) atoms. The van der Waals surface area contributed by atoms with Crippen LogP contribution in [0, 0.1) is 13.8 Å². The molecule has 0 aliphatic rings. The molecule has 0 aliphatic carbocycles. The molecule has 6 heteroatoms. The van der Waals surface area contributed by atoms with Gasteiger partial charge < -0.3 is 24.8 Å². The molecule has 0 unspecified atom stereocenters. The molecule has 0 bridgehead atoms. The Hall–Kier alpha value is -2.36. The third-order valence-electron chi connectivity index (χ3n) is 5.77. The molecule has 0 radical (unpaired) electrons. The van der Waals surface area contributed by atoms with Crippen molar-refractivity contribution in [2.75, 3.05) is 0 Å². The number of halogens is 2. The normalized spacial score (nSPS) is 9.84. The third kappa shape index (κ3) is 8.32. The molecule has 0 aliphatic heterocycles. The second-order valence-corrected chi connectivity index (χ2v) is 18.5. The Bertz CT molecular complexity index is 1470. The fourth-order valence-corrected chi connectivity index (χ4v) is 4.34. The van der Waals surface area contributed by atoms with Crippen LogP contribution in [-0.4, -0.2) is 15.4 Å². The molecule has 192 valence electrons. The van der Waals surface area contributed by atoms with Gasteiger partial charge in [-0.05, 0) is 35.4 Å². The van der Waals surface area contributed by atoms with E-state index in [-0.39, 0.29) is 30.2 Å². The van der Waals surface area contributed by atoms with Crippen molar-refractivity contribution in [3.63, 3.8) is 0 Å². The summed E-state index contributed by atoms with van der Waals surface area (Å²) in [5.41, 5.74) is 7.87. The molecule has 2 aromatic heterocycles. The van der Waals surface area contributed by atoms with Crippen molar-refractivity contribution in [3.8, 4) is 22.3 Å². The van der Waals surface area contributed by atoms with Crippen LogP contribution in [-0.2, 0) is 23.3 Å². The largest absolute Gasteiger partial charge is 1.00 e. The van der Waals surface area contributed by atoms with Gasteiger partial charge in [0.2, 0.25) is 0 Å². The zero-order valence-corrected chi connectivity index (χ0v) is 27.0. The molecule has 4 aromatic carbocycles. The first kappa shape index (κ1) is 31.9. The summed E-state index contributed by atoms with van der Waals surface area (Å²) in [6.07, 6.45) is 7.35. The van der Waals surface area contributed by atoms with Crippen LogP contribution in [0.1, 0.15) is 11.1 Å². The number of aryl methyl sites for hydroxylation is 2. The van der Waals surface area contributed by atoms with Crippen LogP contribution in [0.3, 0.4) is 0 Å². The molecule has 2 heterocycles. The van der Waals surface area contributed by atoms with Crippen LogP contribution in [0.15, 0.2) is 110 Å². The zero-order chi connectivity index (χ0) is 25.5. The van der Waals surface area contributed by atoms with Crippen LogP contribution in [0.5, 0.6) is 0 Å². The van der Waals surface area contributed by atoms with Gasteiger partial charge in [-0.2, -0.15) is 12.1 Å². The number of benzene rings is 2. The third-order valence-corrected chi connectivity index (χ3v) is 5.77. The summed E-state index contributed by atoms with van der Waals surface area (Å²) in [4.78, 5) is 8.11. The summed E-state index contributed by atoms with van der Waals surface area (Å²) >= 11 is 1.74. The van der Waals surface area contributed by atoms with Crippen LogP contribution in [0.25, 0.3) is 43.8 Å². The van der Waals surface area contributed by atoms with E-state index in [9.17, 15) is 0 Å². The summed E-state index contributed by atoms with van der Waals surface area (Å²) < 4.78 is 0. The predicted octanol–water partition coefficient (Wildman–Crippen LogP) is 2.65. The summed E-state index contributed by atoms with van der Waals surface area (Å²) in [6.45, 7) is 8.89. The van der Waals surface area contributed by atoms with Gasteiger partial charge in [0.25, 0.3) is 0 Å². The zero-order valence-electron chi connectivity index (χ0n) is 22.0. The maximum Gasteiger partial charge on any atom is 0.0273 e. The van der Waals surface area contributed by atoms with Gasteiger partial charge >= 0.3 is 41.9 Å². The van der Waals surface area contributed by atoms with Gasteiger partial charge in [-0.3, -0.25) is 9.97 Å². The quantitative estimate of drug-likeness (QED) is 0.217. The van der Waals surface area contributed by atoms with E-state index < -0.39 is 0 Å². The first-order valence-electron chi connectivity index (χ1n) is 12.1. The van der Waals surface area contributed by atoms with Crippen molar-refractivity contribution in [1.82, 2.24) is 9.97 Å². The number of rotatable bonds is 2. The number of fused-ring (bicyclic) bond motifs is 2. The van der Waals surface area contributed by atoms with Crippen LogP contribution in [0.2, 0.25) is 13.1 Å². The van der Waals surface area contributed by atoms with Crippen LogP contribution >= 0.6 is 0 Å². The Labute approximate surface area is 253 Å². The van der Waals surface area contributed by atoms with Crippen LogP contribution < -0.4 is 24.8 Å². The van der Waals surface area contributed by atoms with Crippen molar-refractivity contribution in [3.05, 3.63) is 121 Å². The van der Waals surface area contributed by atoms with E-state index in [0.717, 1.165) is 0 Å². The number of hydrogen-bond acceptors (Lipinski definition) is 2. The monoisotopic (exact) mass is 630 g/mol. The van der Waals surface area contributed by atoms with E-state index in [1.54, 1.807) is 23.3 Å². The molecule has 0 fully saturated rings. The van der Waals surface area contributed by atoms with Crippen molar-refractivity contribution in [1.29, 1.82) is 0 Å². The molecule has 0 spiro atoms. The Kier molecular flexibility index (Phi) is 12.8. The number of nitrogens with zero attached hydrogens (tertiary/aromatic N) is 2. The minimum atomic E-state index is 0. The summed E-state index contributed by atoms with van der Waals surface area (Å²) in [5.74, 6) is 0. The molecular weight excluding hydrogens is 603 g/mol. The number of hydrogen-bond donors (Lipinski definition) is 0. The van der Waals surface area contributed by atoms with Crippen molar-refractivity contribution in [2.45, 2.75) is 26.9 Å². The van der Waals surface area contributed by atoms with Gasteiger partial charge in [0.15, 0.2) is 0 Å². The maximum atomic E-state index is 4.06. The maximum absolute atomic E-state index is 4.06. The summed E-state index contributed by atoms with van der Waals surface area (Å²) in [5, 5.41) is 5.27. The smallest absolute Gasteiger partial charge is 0.0273 e. The van der Waals surface area contributed by atoms with E-state index >= 15 is 0 Å². The Morgan fingerprint density at radius 1 is 0.605 bits per heavy atom. The molecular formula is C32H30Cl2N2SiZr-2. The molecule has 0 saturated carbocycles. The van der Waals surface area contributed by atoms with Gasteiger partial charge in [-0.1, -0.05) is 37.1 Å². The number of aromatic nitrogens is 2. The van der Waals surface area contributed by atoms with Gasteiger partial charge in [0.05, 0.1) is 0 Å². The van der Waals surface area contributed by atoms with E-state index in [1.807, 2.05) is 24.8 Å². The van der Waals surface area contributed by atoms with Crippen molar-refractivity contribution < 1.29 is 48.1 Å². The Morgan fingerprint density at radius 3 is 1.29 bits per heavy atom. The first-order chi connectivity index (χ1) is 17.4. The topological polar surface area (TPSA) is 25.8 Å². The molecule has 0 N–H and O–H groups in total. The minimum Gasteiger partial charge on any atom is -1.00 e. The fourth-order valence-electron chi connectivity index (χ4n) is 4.34. The number of pyridine rings is 2. The predicted molar refractivity (Wildman–Crippen MR) is 152 cm³/mol. The van der Waals surface area contributed by atoms with Crippen LogP contribution in [0.4, 0.5) is 0 Å². The van der Waals surface area contributed by atoms with E-state index in [4.69, 9.17) is 0 Å². The van der Waals surface area contributed by atoms with Gasteiger partial charge in [0, 0.05) is 24.8 Å². The molecule has 6 rings (SSSR count). The van der Waals surface area contributed by atoms with Crippen molar-refractivity contribution >= 4 is 27.0 Å². The molecule has 0 atom stereocenters. The standard InChI is InChI=1S/2C15H12N.C2H6Si.2ClH.Zr/c2*1-11-9-13-3-2-4-14(15(13)10-11)12-5-7-16-8-6-12;1-3-2;;;/h2*2-10H,1H3;1-2H3;2*1H;/q2*-1;;;;+2/p-2. The first-order valence-corrected chi connectivity index (χ1v) is 18.3. The molecule has 0 amide bonds. The summed E-state index contributed by atoms with van der Waals surface area (Å²) in [6, 6.07) is 30.0. The van der Waals surface area contributed by atoms with Crippen molar-refractivity contribution in [2.24, 2.45) is 0 Å².